The number of halogens is 1. The number of hydrogen-bond acceptors (Lipinski definition) is 1. The van der Waals surface area contributed by atoms with E-state index in [-0.39, 0.29) is 5.82 Å². The van der Waals surface area contributed by atoms with Crippen LogP contribution in [0, 0.1) is 5.82 Å². The Hall–Kier alpha value is -1.77. The molecule has 1 heterocycles. The molecule has 2 nitrogen and oxygen atoms in total. The highest BCUT2D eigenvalue weighted by molar-refractivity contribution is 5.67. The fourth-order valence-corrected chi connectivity index (χ4v) is 1.40. The summed E-state index contributed by atoms with van der Waals surface area (Å²) in [6.07, 6.45) is 1.72. The zero-order valence-electron chi connectivity index (χ0n) is 7.75. The highest BCUT2D eigenvalue weighted by Crippen LogP contribution is 2.29. The molecular formula is C11H10FNO. The van der Waals surface area contributed by atoms with Crippen LogP contribution in [0.1, 0.15) is 0 Å². The number of nitrogens with one attached hydrogen (secondary N) is 1. The Kier molecular flexibility index (Phi) is 2.23. The van der Waals surface area contributed by atoms with Gasteiger partial charge in [-0.05, 0) is 18.2 Å². The maximum Gasteiger partial charge on any atom is 0.144 e. The van der Waals surface area contributed by atoms with Gasteiger partial charge in [0.25, 0.3) is 0 Å². The smallest absolute Gasteiger partial charge is 0.144 e. The monoisotopic (exact) mass is 191 g/mol. The first-order chi connectivity index (χ1) is 6.83. The van der Waals surface area contributed by atoms with Gasteiger partial charge in [-0.15, -0.1) is 0 Å². The van der Waals surface area contributed by atoms with Crippen LogP contribution in [0.4, 0.5) is 4.39 Å². The Bertz CT molecular complexity index is 436. The maximum absolute atomic E-state index is 13.4. The van der Waals surface area contributed by atoms with Crippen molar-refractivity contribution in [3.63, 3.8) is 0 Å². The van der Waals surface area contributed by atoms with Crippen LogP contribution in [0.15, 0.2) is 36.5 Å². The van der Waals surface area contributed by atoms with Crippen LogP contribution in [-0.2, 0) is 0 Å². The molecule has 0 radical (unpaired) electrons. The summed E-state index contributed by atoms with van der Waals surface area (Å²) in [5, 5.41) is 0. The molecular weight excluding hydrogens is 181 g/mol. The molecule has 72 valence electrons. The van der Waals surface area contributed by atoms with Gasteiger partial charge in [0.05, 0.1) is 12.8 Å². The molecule has 1 aromatic carbocycles. The van der Waals surface area contributed by atoms with E-state index in [1.165, 1.54) is 6.07 Å². The van der Waals surface area contributed by atoms with Gasteiger partial charge >= 0.3 is 0 Å². The molecule has 2 rings (SSSR count). The molecule has 0 saturated heterocycles. The topological polar surface area (TPSA) is 25.0 Å². The van der Waals surface area contributed by atoms with Crippen molar-refractivity contribution in [1.82, 2.24) is 4.98 Å². The van der Waals surface area contributed by atoms with Crippen molar-refractivity contribution in [3.05, 3.63) is 42.3 Å². The SMILES string of the molecule is COc1cc[nH]c1-c1ccccc1F. The van der Waals surface area contributed by atoms with Gasteiger partial charge in [0, 0.05) is 11.8 Å². The fourth-order valence-electron chi connectivity index (χ4n) is 1.40. The summed E-state index contributed by atoms with van der Waals surface area (Å²) in [7, 11) is 1.56. The van der Waals surface area contributed by atoms with Gasteiger partial charge in [-0.3, -0.25) is 0 Å². The van der Waals surface area contributed by atoms with Crippen LogP contribution in [0.5, 0.6) is 5.75 Å². The van der Waals surface area contributed by atoms with Gasteiger partial charge in [0.15, 0.2) is 0 Å². The maximum atomic E-state index is 13.4. The van der Waals surface area contributed by atoms with E-state index < -0.39 is 0 Å². The minimum Gasteiger partial charge on any atom is -0.494 e. The van der Waals surface area contributed by atoms with E-state index in [0.717, 1.165) is 0 Å². The summed E-state index contributed by atoms with van der Waals surface area (Å²) in [6, 6.07) is 8.36. The zero-order chi connectivity index (χ0) is 9.97. The predicted molar refractivity (Wildman–Crippen MR) is 52.7 cm³/mol. The summed E-state index contributed by atoms with van der Waals surface area (Å²) in [4.78, 5) is 2.95. The predicted octanol–water partition coefficient (Wildman–Crippen LogP) is 2.83. The minimum absolute atomic E-state index is 0.256. The average molecular weight is 191 g/mol. The van der Waals surface area contributed by atoms with Crippen LogP contribution >= 0.6 is 0 Å². The number of aromatic nitrogens is 1. The summed E-state index contributed by atoms with van der Waals surface area (Å²) < 4.78 is 18.5. The Labute approximate surface area is 81.3 Å². The van der Waals surface area contributed by atoms with Crippen molar-refractivity contribution >= 4 is 0 Å². The molecule has 0 aliphatic carbocycles. The number of aromatic amines is 1. The number of rotatable bonds is 2. The first-order valence-electron chi connectivity index (χ1n) is 4.29. The van der Waals surface area contributed by atoms with Gasteiger partial charge in [-0.2, -0.15) is 0 Å². The van der Waals surface area contributed by atoms with Gasteiger partial charge in [-0.25, -0.2) is 4.39 Å². The molecule has 0 amide bonds. The highest BCUT2D eigenvalue weighted by Gasteiger charge is 2.09. The van der Waals surface area contributed by atoms with E-state index in [2.05, 4.69) is 4.98 Å². The third-order valence-corrected chi connectivity index (χ3v) is 2.07. The number of hydrogen-bond donors (Lipinski definition) is 1. The van der Waals surface area contributed by atoms with Gasteiger partial charge in [0.1, 0.15) is 11.6 Å². The van der Waals surface area contributed by atoms with Gasteiger partial charge < -0.3 is 9.72 Å². The first kappa shape index (κ1) is 8.81. The van der Waals surface area contributed by atoms with Gasteiger partial charge in [0.2, 0.25) is 0 Å². The van der Waals surface area contributed by atoms with Crippen molar-refractivity contribution in [2.45, 2.75) is 0 Å². The van der Waals surface area contributed by atoms with Gasteiger partial charge in [-0.1, -0.05) is 12.1 Å². The van der Waals surface area contributed by atoms with Crippen LogP contribution in [0.25, 0.3) is 11.3 Å². The zero-order valence-corrected chi connectivity index (χ0v) is 7.75. The third kappa shape index (κ3) is 1.37. The van der Waals surface area contributed by atoms with Crippen LogP contribution in [-0.4, -0.2) is 12.1 Å². The summed E-state index contributed by atoms with van der Waals surface area (Å²) in [5.41, 5.74) is 1.19. The first-order valence-corrected chi connectivity index (χ1v) is 4.29. The molecule has 3 heteroatoms. The lowest BCUT2D eigenvalue weighted by molar-refractivity contribution is 0.417. The van der Waals surface area contributed by atoms with Crippen molar-refractivity contribution < 1.29 is 9.13 Å². The molecule has 0 bridgehead atoms. The Morgan fingerprint density at radius 3 is 2.71 bits per heavy atom. The largest absolute Gasteiger partial charge is 0.494 e. The average Bonchev–Trinajstić information content (AvgIpc) is 2.66. The quantitative estimate of drug-likeness (QED) is 0.775. The summed E-state index contributed by atoms with van der Waals surface area (Å²) in [5.74, 6) is 0.392. The normalized spacial score (nSPS) is 10.1. The minimum atomic E-state index is -0.256. The van der Waals surface area contributed by atoms with E-state index >= 15 is 0 Å². The standard InChI is InChI=1S/C11H10FNO/c1-14-10-6-7-13-11(10)8-4-2-3-5-9(8)12/h2-7,13H,1H3. The number of benzene rings is 1. The lowest BCUT2D eigenvalue weighted by Crippen LogP contribution is -1.87. The van der Waals surface area contributed by atoms with E-state index in [0.29, 0.717) is 17.0 Å². The molecule has 0 aliphatic heterocycles. The van der Waals surface area contributed by atoms with E-state index in [4.69, 9.17) is 4.74 Å². The second-order valence-corrected chi connectivity index (χ2v) is 2.90. The second-order valence-electron chi connectivity index (χ2n) is 2.90. The molecule has 1 aromatic heterocycles. The summed E-state index contributed by atoms with van der Waals surface area (Å²) in [6.45, 7) is 0. The van der Waals surface area contributed by atoms with Crippen molar-refractivity contribution in [1.29, 1.82) is 0 Å². The van der Waals surface area contributed by atoms with Crippen LogP contribution < -0.4 is 4.74 Å². The van der Waals surface area contributed by atoms with Crippen molar-refractivity contribution in [2.24, 2.45) is 0 Å². The Morgan fingerprint density at radius 2 is 2.00 bits per heavy atom. The lowest BCUT2D eigenvalue weighted by atomic mass is 10.1. The fraction of sp³-hybridized carbons (Fsp3) is 0.0909. The molecule has 0 saturated carbocycles. The molecule has 0 spiro atoms. The molecule has 1 N–H and O–H groups in total. The second kappa shape index (κ2) is 3.54. The number of methoxy groups -OCH3 is 1. The highest BCUT2D eigenvalue weighted by atomic mass is 19.1. The molecule has 14 heavy (non-hydrogen) atoms. The molecule has 0 aliphatic rings. The molecule has 0 unspecified atom stereocenters. The van der Waals surface area contributed by atoms with Crippen LogP contribution in [0.3, 0.4) is 0 Å². The number of H-pyrrole nitrogens is 1. The summed E-state index contributed by atoms with van der Waals surface area (Å²) >= 11 is 0. The molecule has 2 aromatic rings. The van der Waals surface area contributed by atoms with Crippen LogP contribution in [0.2, 0.25) is 0 Å². The number of ether oxygens (including phenoxy) is 1. The third-order valence-electron chi connectivity index (χ3n) is 2.07. The molecule has 0 fully saturated rings. The Morgan fingerprint density at radius 1 is 1.21 bits per heavy atom. The van der Waals surface area contributed by atoms with E-state index in [1.54, 1.807) is 37.6 Å². The molecule has 0 atom stereocenters. The Balaban J connectivity index is 2.54. The van der Waals surface area contributed by atoms with Crippen molar-refractivity contribution in [3.8, 4) is 17.0 Å². The van der Waals surface area contributed by atoms with E-state index in [1.807, 2.05) is 0 Å². The van der Waals surface area contributed by atoms with E-state index in [9.17, 15) is 4.39 Å². The lowest BCUT2D eigenvalue weighted by Gasteiger charge is -2.03. The van der Waals surface area contributed by atoms with Crippen molar-refractivity contribution in [2.75, 3.05) is 7.11 Å².